The van der Waals surface area contributed by atoms with Crippen LogP contribution in [-0.2, 0) is 9.59 Å². The van der Waals surface area contributed by atoms with E-state index in [-0.39, 0.29) is 23.8 Å². The number of carbonyl (C=O) groups is 2. The Bertz CT molecular complexity index is 1090. The second-order valence-electron chi connectivity index (χ2n) is 8.38. The summed E-state index contributed by atoms with van der Waals surface area (Å²) in [6.45, 7) is 3.96. The maximum absolute atomic E-state index is 13.2. The van der Waals surface area contributed by atoms with Crippen LogP contribution in [-0.4, -0.2) is 56.7 Å². The quantitative estimate of drug-likeness (QED) is 0.658. The molecular weight excluding hydrogens is 410 g/mol. The predicted octanol–water partition coefficient (Wildman–Crippen LogP) is 3.86. The summed E-state index contributed by atoms with van der Waals surface area (Å²) in [6, 6.07) is 9.65. The van der Waals surface area contributed by atoms with Crippen molar-refractivity contribution in [2.24, 2.45) is 0 Å². The Morgan fingerprint density at radius 3 is 2.84 bits per heavy atom. The lowest BCUT2D eigenvalue weighted by Gasteiger charge is -2.35. The van der Waals surface area contributed by atoms with Crippen LogP contribution >= 0.6 is 11.3 Å². The molecule has 0 spiro atoms. The van der Waals surface area contributed by atoms with Crippen molar-refractivity contribution in [3.8, 4) is 0 Å². The van der Waals surface area contributed by atoms with Gasteiger partial charge in [-0.05, 0) is 38.3 Å². The molecule has 4 heterocycles. The fraction of sp³-hybridized carbons (Fsp3) is 0.435. The number of likely N-dealkylation sites (tertiary alicyclic amines) is 2. The summed E-state index contributed by atoms with van der Waals surface area (Å²) in [4.78, 5) is 35.0. The lowest BCUT2D eigenvalue weighted by atomic mass is 9.94. The van der Waals surface area contributed by atoms with Gasteiger partial charge >= 0.3 is 0 Å². The molecule has 162 valence electrons. The topological polar surface area (TPSA) is 70.0 Å². The molecule has 2 unspecified atom stereocenters. The molecule has 2 aliphatic rings. The van der Waals surface area contributed by atoms with Crippen molar-refractivity contribution < 1.29 is 9.59 Å². The average Bonchev–Trinajstić information content (AvgIpc) is 3.52. The van der Waals surface area contributed by atoms with Crippen LogP contribution in [0.1, 0.15) is 44.2 Å². The van der Waals surface area contributed by atoms with Crippen LogP contribution in [0, 0.1) is 0 Å². The Balaban J connectivity index is 1.36. The Morgan fingerprint density at radius 2 is 2.06 bits per heavy atom. The van der Waals surface area contributed by atoms with Gasteiger partial charge < -0.3 is 15.1 Å². The van der Waals surface area contributed by atoms with Crippen LogP contribution < -0.4 is 5.32 Å². The van der Waals surface area contributed by atoms with E-state index in [0.717, 1.165) is 48.0 Å². The van der Waals surface area contributed by atoms with Crippen LogP contribution in [0.15, 0.2) is 41.9 Å². The molecule has 7 nitrogen and oxygen atoms in total. The molecule has 3 aromatic rings. The number of hydrogen-bond donors (Lipinski definition) is 1. The first-order valence-electron chi connectivity index (χ1n) is 11.0. The number of nitrogens with one attached hydrogen (secondary N) is 1. The SMILES string of the molecule is CC(C(=O)N1CCCC(c2nc(Nc3ccccc3)n3ccsc23)C1)N1CCCC1=O. The number of fused-ring (bicyclic) bond motifs is 1. The highest BCUT2D eigenvalue weighted by Crippen LogP contribution is 2.34. The maximum Gasteiger partial charge on any atom is 0.245 e. The van der Waals surface area contributed by atoms with Gasteiger partial charge in [-0.25, -0.2) is 4.98 Å². The molecule has 0 aliphatic carbocycles. The second kappa shape index (κ2) is 8.34. The number of rotatable bonds is 5. The minimum atomic E-state index is -0.382. The van der Waals surface area contributed by atoms with E-state index in [1.54, 1.807) is 16.2 Å². The van der Waals surface area contributed by atoms with Crippen molar-refractivity contribution in [3.05, 3.63) is 47.6 Å². The molecule has 2 fully saturated rings. The van der Waals surface area contributed by atoms with Crippen LogP contribution in [0.4, 0.5) is 11.6 Å². The molecule has 1 aromatic carbocycles. The van der Waals surface area contributed by atoms with E-state index in [1.165, 1.54) is 0 Å². The molecule has 2 atom stereocenters. The number of hydrogen-bond acceptors (Lipinski definition) is 5. The minimum Gasteiger partial charge on any atom is -0.340 e. The molecule has 0 saturated carbocycles. The van der Waals surface area contributed by atoms with Crippen LogP contribution in [0.25, 0.3) is 4.83 Å². The Hall–Kier alpha value is -2.87. The number of amides is 2. The molecule has 0 bridgehead atoms. The lowest BCUT2D eigenvalue weighted by Crippen LogP contribution is -2.50. The molecule has 8 heteroatoms. The van der Waals surface area contributed by atoms with Gasteiger partial charge in [-0.2, -0.15) is 0 Å². The summed E-state index contributed by atoms with van der Waals surface area (Å²) in [5.74, 6) is 1.15. The van der Waals surface area contributed by atoms with Crippen molar-refractivity contribution in [2.45, 2.75) is 44.6 Å². The zero-order chi connectivity index (χ0) is 21.4. The van der Waals surface area contributed by atoms with E-state index in [2.05, 4.69) is 15.1 Å². The number of piperidine rings is 1. The number of aromatic nitrogens is 2. The monoisotopic (exact) mass is 437 g/mol. The van der Waals surface area contributed by atoms with E-state index >= 15 is 0 Å². The summed E-state index contributed by atoms with van der Waals surface area (Å²) in [5.41, 5.74) is 2.05. The molecule has 5 rings (SSSR count). The van der Waals surface area contributed by atoms with Gasteiger partial charge in [-0.15, -0.1) is 11.3 Å². The number of carbonyl (C=O) groups excluding carboxylic acids is 2. The van der Waals surface area contributed by atoms with E-state index in [4.69, 9.17) is 4.98 Å². The Kier molecular flexibility index (Phi) is 5.40. The maximum atomic E-state index is 13.2. The van der Waals surface area contributed by atoms with E-state index in [1.807, 2.05) is 48.4 Å². The normalized spacial score (nSPS) is 20.4. The summed E-state index contributed by atoms with van der Waals surface area (Å²) < 4.78 is 2.10. The van der Waals surface area contributed by atoms with Gasteiger partial charge in [0.15, 0.2) is 0 Å². The zero-order valence-corrected chi connectivity index (χ0v) is 18.5. The van der Waals surface area contributed by atoms with Crippen LogP contribution in [0.3, 0.4) is 0 Å². The number of para-hydroxylation sites is 1. The largest absolute Gasteiger partial charge is 0.340 e. The summed E-state index contributed by atoms with van der Waals surface area (Å²) >= 11 is 1.68. The van der Waals surface area contributed by atoms with Gasteiger partial charge in [0.2, 0.25) is 17.8 Å². The molecule has 2 saturated heterocycles. The van der Waals surface area contributed by atoms with Gasteiger partial charge in [0, 0.05) is 49.2 Å². The molecule has 31 heavy (non-hydrogen) atoms. The number of anilines is 2. The third-order valence-electron chi connectivity index (χ3n) is 6.37. The molecule has 2 aliphatic heterocycles. The van der Waals surface area contributed by atoms with Gasteiger partial charge in [0.25, 0.3) is 0 Å². The van der Waals surface area contributed by atoms with Gasteiger partial charge in [0.05, 0.1) is 5.69 Å². The molecule has 0 radical (unpaired) electrons. The number of benzene rings is 1. The summed E-state index contributed by atoms with van der Waals surface area (Å²) in [6.07, 6.45) is 5.40. The van der Waals surface area contributed by atoms with E-state index < -0.39 is 0 Å². The number of nitrogens with zero attached hydrogens (tertiary/aromatic N) is 4. The van der Waals surface area contributed by atoms with Crippen molar-refractivity contribution in [2.75, 3.05) is 25.0 Å². The summed E-state index contributed by atoms with van der Waals surface area (Å²) in [7, 11) is 0. The smallest absolute Gasteiger partial charge is 0.245 e. The minimum absolute atomic E-state index is 0.0595. The average molecular weight is 438 g/mol. The van der Waals surface area contributed by atoms with Gasteiger partial charge in [-0.1, -0.05) is 18.2 Å². The molecular formula is C23H27N5O2S. The highest BCUT2D eigenvalue weighted by Gasteiger charge is 2.35. The molecule has 1 N–H and O–H groups in total. The van der Waals surface area contributed by atoms with Crippen molar-refractivity contribution >= 4 is 39.6 Å². The first-order chi connectivity index (χ1) is 15.1. The van der Waals surface area contributed by atoms with E-state index in [0.29, 0.717) is 19.5 Å². The Labute approximate surface area is 185 Å². The van der Waals surface area contributed by atoms with Crippen molar-refractivity contribution in [1.82, 2.24) is 19.2 Å². The zero-order valence-electron chi connectivity index (χ0n) is 17.7. The first kappa shape index (κ1) is 20.1. The van der Waals surface area contributed by atoms with Crippen molar-refractivity contribution in [3.63, 3.8) is 0 Å². The standard InChI is InChI=1S/C23H27N5O2S/c1-16(27-12-6-10-19(27)29)21(30)26-11-5-7-17(15-26)20-22-28(13-14-31-22)23(25-20)24-18-8-3-2-4-9-18/h2-4,8-9,13-14,16-17H,5-7,10-12,15H2,1H3,(H,24,25). The molecule has 2 aromatic heterocycles. The highest BCUT2D eigenvalue weighted by molar-refractivity contribution is 7.15. The second-order valence-corrected chi connectivity index (χ2v) is 9.27. The highest BCUT2D eigenvalue weighted by atomic mass is 32.1. The van der Waals surface area contributed by atoms with Crippen molar-refractivity contribution in [1.29, 1.82) is 0 Å². The summed E-state index contributed by atoms with van der Waals surface area (Å²) in [5, 5.41) is 5.49. The predicted molar refractivity (Wildman–Crippen MR) is 122 cm³/mol. The first-order valence-corrected chi connectivity index (χ1v) is 11.9. The fourth-order valence-corrected chi connectivity index (χ4v) is 5.63. The fourth-order valence-electron chi connectivity index (χ4n) is 4.73. The van der Waals surface area contributed by atoms with Gasteiger partial charge in [-0.3, -0.25) is 14.0 Å². The molecule has 2 amide bonds. The number of imidazole rings is 1. The third kappa shape index (κ3) is 3.80. The Morgan fingerprint density at radius 1 is 1.23 bits per heavy atom. The van der Waals surface area contributed by atoms with Crippen LogP contribution in [0.5, 0.6) is 0 Å². The number of thiazole rings is 1. The van der Waals surface area contributed by atoms with Gasteiger partial charge in [0.1, 0.15) is 10.9 Å². The lowest BCUT2D eigenvalue weighted by molar-refractivity contribution is -0.143. The third-order valence-corrected chi connectivity index (χ3v) is 7.25. The van der Waals surface area contributed by atoms with E-state index in [9.17, 15) is 9.59 Å². The van der Waals surface area contributed by atoms with Crippen LogP contribution in [0.2, 0.25) is 0 Å².